The lowest BCUT2D eigenvalue weighted by Gasteiger charge is -2.36. The van der Waals surface area contributed by atoms with Crippen molar-refractivity contribution in [2.24, 2.45) is 0 Å². The van der Waals surface area contributed by atoms with E-state index < -0.39 is 21.5 Å². The van der Waals surface area contributed by atoms with Gasteiger partial charge in [0.15, 0.2) is 0 Å². The topological polar surface area (TPSA) is 95.6 Å². The minimum absolute atomic E-state index is 0.0592. The summed E-state index contributed by atoms with van der Waals surface area (Å²) in [6, 6.07) is 5.74. The van der Waals surface area contributed by atoms with E-state index in [4.69, 9.17) is 0 Å². The summed E-state index contributed by atoms with van der Waals surface area (Å²) in [7, 11) is -0.625. The first-order valence-corrected chi connectivity index (χ1v) is 10.7. The molecule has 1 fully saturated rings. The maximum atomic E-state index is 12.8. The van der Waals surface area contributed by atoms with Crippen LogP contribution in [-0.2, 0) is 14.8 Å². The van der Waals surface area contributed by atoms with Crippen molar-refractivity contribution in [3.63, 3.8) is 0 Å². The molecule has 0 unspecified atom stereocenters. The van der Waals surface area contributed by atoms with E-state index in [-0.39, 0.29) is 22.4 Å². The second kappa shape index (κ2) is 8.39. The van der Waals surface area contributed by atoms with Crippen LogP contribution in [0.4, 0.5) is 0 Å². The number of likely N-dealkylation sites (N-methyl/N-ethyl adjacent to an activating group) is 1. The van der Waals surface area contributed by atoms with Crippen LogP contribution in [0.25, 0.3) is 0 Å². The molecule has 1 aliphatic carbocycles. The predicted molar refractivity (Wildman–Crippen MR) is 104 cm³/mol. The Morgan fingerprint density at radius 1 is 1.15 bits per heavy atom. The van der Waals surface area contributed by atoms with E-state index in [9.17, 15) is 18.0 Å². The number of hydrogen-bond donors (Lipinski definition) is 2. The summed E-state index contributed by atoms with van der Waals surface area (Å²) < 4.78 is 26.6. The summed E-state index contributed by atoms with van der Waals surface area (Å²) in [5, 5.41) is 5.51. The zero-order valence-electron chi connectivity index (χ0n) is 16.4. The molecule has 0 aliphatic heterocycles. The van der Waals surface area contributed by atoms with Crippen LogP contribution >= 0.6 is 0 Å². The second-order valence-electron chi connectivity index (χ2n) is 7.32. The molecule has 1 saturated carbocycles. The lowest BCUT2D eigenvalue weighted by molar-refractivity contribution is -0.128. The molecule has 1 aromatic carbocycles. The molecule has 0 aromatic heterocycles. The predicted octanol–water partition coefficient (Wildman–Crippen LogP) is 1.89. The van der Waals surface area contributed by atoms with Crippen molar-refractivity contribution >= 4 is 21.8 Å². The first kappa shape index (κ1) is 21.4. The van der Waals surface area contributed by atoms with E-state index in [1.54, 1.807) is 33.0 Å². The van der Waals surface area contributed by atoms with E-state index >= 15 is 0 Å². The number of carbonyl (C=O) groups is 2. The number of amides is 2. The van der Waals surface area contributed by atoms with Gasteiger partial charge in [-0.25, -0.2) is 8.42 Å². The zero-order chi connectivity index (χ0) is 20.2. The number of carbonyl (C=O) groups excluding carboxylic acids is 2. The molecule has 0 spiro atoms. The Bertz CT molecular complexity index is 799. The first-order chi connectivity index (χ1) is 12.6. The van der Waals surface area contributed by atoms with E-state index in [1.165, 1.54) is 23.5 Å². The Hall–Kier alpha value is -1.93. The number of nitrogens with one attached hydrogen (secondary N) is 2. The van der Waals surface area contributed by atoms with E-state index in [2.05, 4.69) is 10.6 Å². The Morgan fingerprint density at radius 3 is 2.33 bits per heavy atom. The highest BCUT2D eigenvalue weighted by Crippen LogP contribution is 2.29. The highest BCUT2D eigenvalue weighted by atomic mass is 32.2. The maximum absolute atomic E-state index is 12.8. The second-order valence-corrected chi connectivity index (χ2v) is 9.32. The summed E-state index contributed by atoms with van der Waals surface area (Å²) in [6.45, 7) is 3.56. The van der Waals surface area contributed by atoms with E-state index in [0.29, 0.717) is 12.8 Å². The summed E-state index contributed by atoms with van der Waals surface area (Å²) >= 11 is 0. The van der Waals surface area contributed by atoms with Gasteiger partial charge in [0.05, 0.1) is 4.90 Å². The highest BCUT2D eigenvalue weighted by molar-refractivity contribution is 7.89. The molecular weight excluding hydrogens is 366 g/mol. The lowest BCUT2D eigenvalue weighted by atomic mass is 9.80. The molecular formula is C19H29N3O4S. The van der Waals surface area contributed by atoms with Crippen molar-refractivity contribution in [1.29, 1.82) is 0 Å². The van der Waals surface area contributed by atoms with Crippen molar-refractivity contribution in [3.05, 3.63) is 29.8 Å². The van der Waals surface area contributed by atoms with Gasteiger partial charge in [-0.05, 0) is 44.9 Å². The number of nitrogens with zero attached hydrogens (tertiary/aromatic N) is 1. The Labute approximate surface area is 161 Å². The monoisotopic (exact) mass is 395 g/mol. The van der Waals surface area contributed by atoms with Crippen molar-refractivity contribution in [1.82, 2.24) is 14.9 Å². The van der Waals surface area contributed by atoms with Crippen LogP contribution < -0.4 is 10.6 Å². The SMILES string of the molecule is CNC(=O)C1(NC(=O)c2cccc(S(=O)(=O)N(C)C(C)C)c2)CCCCC1. The van der Waals surface area contributed by atoms with Gasteiger partial charge in [0.2, 0.25) is 15.9 Å². The molecule has 2 amide bonds. The van der Waals surface area contributed by atoms with Crippen LogP contribution in [0.3, 0.4) is 0 Å². The summed E-state index contributed by atoms with van der Waals surface area (Å²) in [4.78, 5) is 25.3. The van der Waals surface area contributed by atoms with Crippen molar-refractivity contribution < 1.29 is 18.0 Å². The Morgan fingerprint density at radius 2 is 1.78 bits per heavy atom. The number of sulfonamides is 1. The Kier molecular flexibility index (Phi) is 6.64. The summed E-state index contributed by atoms with van der Waals surface area (Å²) in [6.07, 6.45) is 3.91. The molecule has 1 aromatic rings. The molecule has 27 heavy (non-hydrogen) atoms. The third kappa shape index (κ3) is 4.50. The first-order valence-electron chi connectivity index (χ1n) is 9.27. The quantitative estimate of drug-likeness (QED) is 0.769. The Balaban J connectivity index is 2.30. The molecule has 2 N–H and O–H groups in total. The molecule has 0 bridgehead atoms. The zero-order valence-corrected chi connectivity index (χ0v) is 17.2. The van der Waals surface area contributed by atoms with Crippen LogP contribution in [0.5, 0.6) is 0 Å². The van der Waals surface area contributed by atoms with Gasteiger partial charge in [-0.1, -0.05) is 25.3 Å². The highest BCUT2D eigenvalue weighted by Gasteiger charge is 2.40. The number of rotatable bonds is 6. The fourth-order valence-corrected chi connectivity index (χ4v) is 4.75. The molecule has 7 nitrogen and oxygen atoms in total. The largest absolute Gasteiger partial charge is 0.357 e. The van der Waals surface area contributed by atoms with Gasteiger partial charge in [0, 0.05) is 25.7 Å². The fourth-order valence-electron chi connectivity index (χ4n) is 3.33. The fraction of sp³-hybridized carbons (Fsp3) is 0.579. The number of benzene rings is 1. The van der Waals surface area contributed by atoms with Crippen LogP contribution in [0, 0.1) is 0 Å². The molecule has 0 radical (unpaired) electrons. The van der Waals surface area contributed by atoms with Crippen LogP contribution in [-0.4, -0.2) is 50.2 Å². The standard InChI is InChI=1S/C19H29N3O4S/c1-14(2)22(4)27(25,26)16-10-8-9-15(13-16)17(23)21-19(18(24)20-3)11-6-5-7-12-19/h8-10,13-14H,5-7,11-12H2,1-4H3,(H,20,24)(H,21,23). The number of hydrogen-bond acceptors (Lipinski definition) is 4. The van der Waals surface area contributed by atoms with Gasteiger partial charge in [-0.3, -0.25) is 9.59 Å². The third-order valence-electron chi connectivity index (χ3n) is 5.22. The third-order valence-corrected chi connectivity index (χ3v) is 7.25. The van der Waals surface area contributed by atoms with E-state index in [0.717, 1.165) is 19.3 Å². The molecule has 0 heterocycles. The summed E-state index contributed by atoms with van der Waals surface area (Å²) in [5.74, 6) is -0.649. The van der Waals surface area contributed by atoms with Gasteiger partial charge in [-0.15, -0.1) is 0 Å². The van der Waals surface area contributed by atoms with Gasteiger partial charge < -0.3 is 10.6 Å². The van der Waals surface area contributed by atoms with Gasteiger partial charge in [0.1, 0.15) is 5.54 Å². The van der Waals surface area contributed by atoms with Crippen LogP contribution in [0.15, 0.2) is 29.2 Å². The van der Waals surface area contributed by atoms with Gasteiger partial charge in [0.25, 0.3) is 5.91 Å². The maximum Gasteiger partial charge on any atom is 0.252 e. The smallest absolute Gasteiger partial charge is 0.252 e. The minimum atomic E-state index is -3.69. The van der Waals surface area contributed by atoms with E-state index in [1.807, 2.05) is 0 Å². The molecule has 1 aliphatic rings. The van der Waals surface area contributed by atoms with Gasteiger partial charge >= 0.3 is 0 Å². The molecule has 0 atom stereocenters. The van der Waals surface area contributed by atoms with Crippen molar-refractivity contribution in [3.8, 4) is 0 Å². The molecule has 150 valence electrons. The lowest BCUT2D eigenvalue weighted by Crippen LogP contribution is -2.59. The molecule has 2 rings (SSSR count). The average Bonchev–Trinajstić information content (AvgIpc) is 2.67. The molecule has 0 saturated heterocycles. The van der Waals surface area contributed by atoms with Crippen LogP contribution in [0.2, 0.25) is 0 Å². The summed E-state index contributed by atoms with van der Waals surface area (Å²) in [5.41, 5.74) is -0.713. The normalized spacial score (nSPS) is 17.0. The van der Waals surface area contributed by atoms with Gasteiger partial charge in [-0.2, -0.15) is 4.31 Å². The minimum Gasteiger partial charge on any atom is -0.357 e. The van der Waals surface area contributed by atoms with Crippen molar-refractivity contribution in [2.75, 3.05) is 14.1 Å². The van der Waals surface area contributed by atoms with Crippen LogP contribution in [0.1, 0.15) is 56.3 Å². The average molecular weight is 396 g/mol. The molecule has 8 heteroatoms. The van der Waals surface area contributed by atoms with Crippen molar-refractivity contribution in [2.45, 2.75) is 62.4 Å².